The van der Waals surface area contributed by atoms with E-state index in [-0.39, 0.29) is 6.04 Å². The van der Waals surface area contributed by atoms with E-state index in [4.69, 9.17) is 16.3 Å². The highest BCUT2D eigenvalue weighted by Crippen LogP contribution is 2.25. The summed E-state index contributed by atoms with van der Waals surface area (Å²) in [5.41, 5.74) is 2.35. The van der Waals surface area contributed by atoms with E-state index in [1.807, 2.05) is 18.2 Å². The molecule has 2 N–H and O–H groups in total. The molecule has 1 aromatic carbocycles. The van der Waals surface area contributed by atoms with Crippen molar-refractivity contribution in [1.82, 2.24) is 20.5 Å². The Kier molecular flexibility index (Phi) is 8.14. The monoisotopic (exact) mass is 415 g/mol. The van der Waals surface area contributed by atoms with E-state index in [2.05, 4.69) is 37.6 Å². The van der Waals surface area contributed by atoms with Crippen LogP contribution in [0, 0.1) is 0 Å². The SMILES string of the molecule is CN=C(NCc1ccc(Cl)nc1)NCC(c1ccc(OC)cc1)N1CCCCC1. The van der Waals surface area contributed by atoms with Crippen molar-refractivity contribution in [1.29, 1.82) is 0 Å². The lowest BCUT2D eigenvalue weighted by molar-refractivity contribution is 0.164. The number of hydrogen-bond donors (Lipinski definition) is 2. The topological polar surface area (TPSA) is 61.8 Å². The molecule has 1 unspecified atom stereocenters. The van der Waals surface area contributed by atoms with E-state index in [1.54, 1.807) is 26.4 Å². The quantitative estimate of drug-likeness (QED) is 0.410. The fourth-order valence-electron chi connectivity index (χ4n) is 3.62. The fraction of sp³-hybridized carbons (Fsp3) is 0.455. The molecule has 29 heavy (non-hydrogen) atoms. The first-order valence-corrected chi connectivity index (χ1v) is 10.5. The van der Waals surface area contributed by atoms with Gasteiger partial charge in [-0.15, -0.1) is 0 Å². The molecule has 0 radical (unpaired) electrons. The van der Waals surface area contributed by atoms with Crippen LogP contribution >= 0.6 is 11.6 Å². The van der Waals surface area contributed by atoms with Crippen molar-refractivity contribution >= 4 is 17.6 Å². The minimum atomic E-state index is 0.289. The van der Waals surface area contributed by atoms with E-state index in [0.29, 0.717) is 11.7 Å². The maximum Gasteiger partial charge on any atom is 0.191 e. The second-order valence-corrected chi connectivity index (χ2v) is 7.57. The molecule has 6 nitrogen and oxygen atoms in total. The number of likely N-dealkylation sites (tertiary alicyclic amines) is 1. The van der Waals surface area contributed by atoms with E-state index in [1.165, 1.54) is 24.8 Å². The van der Waals surface area contributed by atoms with Crippen molar-refractivity contribution in [2.75, 3.05) is 33.8 Å². The summed E-state index contributed by atoms with van der Waals surface area (Å²) in [6.45, 7) is 3.67. The Morgan fingerprint density at radius 2 is 1.90 bits per heavy atom. The maximum atomic E-state index is 5.86. The second-order valence-electron chi connectivity index (χ2n) is 7.18. The Labute approximate surface area is 178 Å². The third-order valence-corrected chi connectivity index (χ3v) is 5.49. The minimum Gasteiger partial charge on any atom is -0.497 e. The van der Waals surface area contributed by atoms with Crippen LogP contribution in [-0.4, -0.2) is 49.6 Å². The van der Waals surface area contributed by atoms with Crippen molar-refractivity contribution in [3.8, 4) is 5.75 Å². The van der Waals surface area contributed by atoms with Crippen molar-refractivity contribution in [3.63, 3.8) is 0 Å². The van der Waals surface area contributed by atoms with Crippen LogP contribution in [0.1, 0.15) is 36.4 Å². The van der Waals surface area contributed by atoms with Gasteiger partial charge >= 0.3 is 0 Å². The number of guanidine groups is 1. The van der Waals surface area contributed by atoms with Gasteiger partial charge in [-0.1, -0.05) is 36.2 Å². The zero-order valence-corrected chi connectivity index (χ0v) is 18.0. The van der Waals surface area contributed by atoms with Gasteiger partial charge in [0.25, 0.3) is 0 Å². The van der Waals surface area contributed by atoms with Crippen LogP contribution < -0.4 is 15.4 Å². The van der Waals surface area contributed by atoms with Gasteiger partial charge < -0.3 is 15.4 Å². The van der Waals surface area contributed by atoms with Gasteiger partial charge in [-0.05, 0) is 55.3 Å². The first-order valence-electron chi connectivity index (χ1n) is 10.1. The predicted molar refractivity (Wildman–Crippen MR) is 119 cm³/mol. The van der Waals surface area contributed by atoms with Crippen LogP contribution in [0.15, 0.2) is 47.6 Å². The lowest BCUT2D eigenvalue weighted by atomic mass is 10.0. The van der Waals surface area contributed by atoms with E-state index in [0.717, 1.165) is 36.9 Å². The Bertz CT molecular complexity index is 773. The Hall–Kier alpha value is -2.31. The number of aromatic nitrogens is 1. The Morgan fingerprint density at radius 3 is 2.52 bits per heavy atom. The summed E-state index contributed by atoms with van der Waals surface area (Å²) in [5.74, 6) is 1.66. The van der Waals surface area contributed by atoms with Gasteiger partial charge in [-0.2, -0.15) is 0 Å². The van der Waals surface area contributed by atoms with Crippen molar-refractivity contribution in [3.05, 3.63) is 58.9 Å². The van der Waals surface area contributed by atoms with E-state index in [9.17, 15) is 0 Å². The zero-order chi connectivity index (χ0) is 20.5. The van der Waals surface area contributed by atoms with Crippen LogP contribution in [0.25, 0.3) is 0 Å². The van der Waals surface area contributed by atoms with Crippen LogP contribution in [0.5, 0.6) is 5.75 Å². The number of ether oxygens (including phenoxy) is 1. The lowest BCUT2D eigenvalue weighted by Crippen LogP contribution is -2.44. The smallest absolute Gasteiger partial charge is 0.191 e. The van der Waals surface area contributed by atoms with Gasteiger partial charge in [0.05, 0.1) is 13.2 Å². The van der Waals surface area contributed by atoms with Gasteiger partial charge in [-0.3, -0.25) is 9.89 Å². The summed E-state index contributed by atoms with van der Waals surface area (Å²) < 4.78 is 5.32. The lowest BCUT2D eigenvalue weighted by Gasteiger charge is -2.35. The molecule has 3 rings (SSSR count). The minimum absolute atomic E-state index is 0.289. The summed E-state index contributed by atoms with van der Waals surface area (Å²) in [6.07, 6.45) is 5.60. The molecule has 0 bridgehead atoms. The molecule has 0 saturated carbocycles. The summed E-state index contributed by atoms with van der Waals surface area (Å²) in [7, 11) is 3.49. The number of halogens is 1. The highest BCUT2D eigenvalue weighted by atomic mass is 35.5. The van der Waals surface area contributed by atoms with Gasteiger partial charge in [0.15, 0.2) is 5.96 Å². The maximum absolute atomic E-state index is 5.86. The molecule has 1 aromatic heterocycles. The predicted octanol–water partition coefficient (Wildman–Crippen LogP) is 3.64. The zero-order valence-electron chi connectivity index (χ0n) is 17.2. The standard InChI is InChI=1S/C22H30ClN5O/c1-24-22(26-15-17-6-11-21(23)25-14-17)27-16-20(28-12-4-3-5-13-28)18-7-9-19(29-2)10-8-18/h6-11,14,20H,3-5,12-13,15-16H2,1-2H3,(H2,24,26,27). The summed E-state index contributed by atoms with van der Waals surface area (Å²) in [6, 6.07) is 12.4. The Morgan fingerprint density at radius 1 is 1.14 bits per heavy atom. The average Bonchev–Trinajstić information content (AvgIpc) is 2.78. The number of methoxy groups -OCH3 is 1. The molecule has 0 amide bonds. The van der Waals surface area contributed by atoms with E-state index >= 15 is 0 Å². The first-order chi connectivity index (χ1) is 14.2. The van der Waals surface area contributed by atoms with Crippen molar-refractivity contribution in [2.24, 2.45) is 4.99 Å². The molecule has 2 heterocycles. The van der Waals surface area contributed by atoms with Crippen LogP contribution in [0.2, 0.25) is 5.15 Å². The molecule has 1 saturated heterocycles. The highest BCUT2D eigenvalue weighted by molar-refractivity contribution is 6.29. The highest BCUT2D eigenvalue weighted by Gasteiger charge is 2.22. The summed E-state index contributed by atoms with van der Waals surface area (Å²) in [5, 5.41) is 7.35. The third-order valence-electron chi connectivity index (χ3n) is 5.27. The normalized spacial score (nSPS) is 16.3. The molecule has 1 aliphatic heterocycles. The number of nitrogens with zero attached hydrogens (tertiary/aromatic N) is 3. The molecule has 1 atom stereocenters. The van der Waals surface area contributed by atoms with Crippen molar-refractivity contribution < 1.29 is 4.74 Å². The molecule has 0 spiro atoms. The van der Waals surface area contributed by atoms with Crippen LogP contribution in [-0.2, 0) is 6.54 Å². The number of rotatable bonds is 7. The van der Waals surface area contributed by atoms with Gasteiger partial charge in [-0.25, -0.2) is 4.98 Å². The number of piperidine rings is 1. The molecule has 7 heteroatoms. The Balaban J connectivity index is 1.63. The molecule has 156 valence electrons. The number of pyridine rings is 1. The number of benzene rings is 1. The largest absolute Gasteiger partial charge is 0.497 e. The average molecular weight is 416 g/mol. The van der Waals surface area contributed by atoms with Gasteiger partial charge in [0.2, 0.25) is 0 Å². The van der Waals surface area contributed by atoms with Crippen LogP contribution in [0.4, 0.5) is 0 Å². The number of nitrogens with one attached hydrogen (secondary N) is 2. The molecule has 0 aliphatic carbocycles. The number of aliphatic imine (C=N–C) groups is 1. The summed E-state index contributed by atoms with van der Waals surface area (Å²) in [4.78, 5) is 11.1. The molecular formula is C22H30ClN5O. The fourth-order valence-corrected chi connectivity index (χ4v) is 3.74. The molecule has 1 fully saturated rings. The number of hydrogen-bond acceptors (Lipinski definition) is 4. The summed E-state index contributed by atoms with van der Waals surface area (Å²) >= 11 is 5.86. The van der Waals surface area contributed by atoms with Crippen LogP contribution in [0.3, 0.4) is 0 Å². The molecular weight excluding hydrogens is 386 g/mol. The second kappa shape index (κ2) is 11.0. The third kappa shape index (κ3) is 6.34. The van der Waals surface area contributed by atoms with E-state index < -0.39 is 0 Å². The van der Waals surface area contributed by atoms with Crippen molar-refractivity contribution in [2.45, 2.75) is 31.8 Å². The van der Waals surface area contributed by atoms with Gasteiger partial charge in [0.1, 0.15) is 10.9 Å². The molecule has 2 aromatic rings. The molecule has 1 aliphatic rings. The first kappa shape index (κ1) is 21.4. The van der Waals surface area contributed by atoms with Gasteiger partial charge in [0, 0.05) is 26.3 Å².